The summed E-state index contributed by atoms with van der Waals surface area (Å²) in [6, 6.07) is 0. The highest BCUT2D eigenvalue weighted by Crippen LogP contribution is 2.45. The van der Waals surface area contributed by atoms with E-state index >= 15 is 0 Å². The van der Waals surface area contributed by atoms with Gasteiger partial charge in [-0.3, -0.25) is 4.79 Å². The molecule has 3 rings (SSSR count). The van der Waals surface area contributed by atoms with Crippen LogP contribution in [0.1, 0.15) is 44.9 Å². The highest BCUT2D eigenvalue weighted by molar-refractivity contribution is 5.61. The van der Waals surface area contributed by atoms with Gasteiger partial charge in [0.15, 0.2) is 5.82 Å². The average Bonchev–Trinajstić information content (AvgIpc) is 2.44. The van der Waals surface area contributed by atoms with E-state index in [9.17, 15) is 4.79 Å². The van der Waals surface area contributed by atoms with Crippen LogP contribution in [0, 0.1) is 5.41 Å². The fraction of sp³-hybridized carbons (Fsp3) is 0.714. The van der Waals surface area contributed by atoms with E-state index in [1.165, 1.54) is 51.3 Å². The first-order chi connectivity index (χ1) is 9.20. The van der Waals surface area contributed by atoms with Gasteiger partial charge in [-0.2, -0.15) is 0 Å². The van der Waals surface area contributed by atoms with Crippen LogP contribution in [0.3, 0.4) is 0 Å². The van der Waals surface area contributed by atoms with Gasteiger partial charge < -0.3 is 15.6 Å². The molecule has 5 heteroatoms. The van der Waals surface area contributed by atoms with Crippen molar-refractivity contribution in [2.75, 3.05) is 23.7 Å². The van der Waals surface area contributed by atoms with Gasteiger partial charge in [0.2, 0.25) is 0 Å². The zero-order chi connectivity index (χ0) is 13.3. The van der Waals surface area contributed by atoms with Gasteiger partial charge in [0.05, 0.1) is 6.33 Å². The van der Waals surface area contributed by atoms with E-state index in [0.29, 0.717) is 11.2 Å². The number of nitrogen functional groups attached to an aromatic ring is 1. The normalized spacial score (nSPS) is 22.6. The minimum absolute atomic E-state index is 0.233. The van der Waals surface area contributed by atoms with Crippen LogP contribution in [-0.2, 0) is 0 Å². The molecule has 0 radical (unpaired) electrons. The zero-order valence-corrected chi connectivity index (χ0v) is 11.3. The number of aromatic amines is 1. The molecule has 104 valence electrons. The first-order valence-corrected chi connectivity index (χ1v) is 7.28. The summed E-state index contributed by atoms with van der Waals surface area (Å²) in [7, 11) is 0. The third-order valence-corrected chi connectivity index (χ3v) is 4.91. The lowest BCUT2D eigenvalue weighted by molar-refractivity contribution is 0.144. The number of hydrogen-bond acceptors (Lipinski definition) is 4. The van der Waals surface area contributed by atoms with Crippen LogP contribution in [0.5, 0.6) is 0 Å². The maximum atomic E-state index is 11.5. The quantitative estimate of drug-likeness (QED) is 0.810. The van der Waals surface area contributed by atoms with Crippen molar-refractivity contribution in [3.63, 3.8) is 0 Å². The summed E-state index contributed by atoms with van der Waals surface area (Å²) < 4.78 is 0. The molecule has 1 aliphatic heterocycles. The van der Waals surface area contributed by atoms with Crippen LogP contribution in [0.2, 0.25) is 0 Å². The van der Waals surface area contributed by atoms with Gasteiger partial charge >= 0.3 is 0 Å². The fourth-order valence-corrected chi connectivity index (χ4v) is 3.65. The predicted octanol–water partition coefficient (Wildman–Crippen LogP) is 1.90. The van der Waals surface area contributed by atoms with Crippen LogP contribution in [0.4, 0.5) is 11.5 Å². The van der Waals surface area contributed by atoms with E-state index in [0.717, 1.165) is 13.1 Å². The van der Waals surface area contributed by atoms with E-state index in [4.69, 9.17) is 5.73 Å². The summed E-state index contributed by atoms with van der Waals surface area (Å²) in [5.74, 6) is 0.661. The molecule has 1 saturated carbocycles. The molecule has 0 unspecified atom stereocenters. The third kappa shape index (κ3) is 2.33. The molecule has 1 aliphatic carbocycles. The number of nitrogens with two attached hydrogens (primary N) is 1. The standard InChI is InChI=1S/C14H22N4O/c15-11-12(16-10-17-13(11)19)18-8-6-14(7-9-18)4-2-1-3-5-14/h10H,1-9,15H2,(H,16,17,19). The Morgan fingerprint density at radius 1 is 1.16 bits per heavy atom. The monoisotopic (exact) mass is 262 g/mol. The Morgan fingerprint density at radius 3 is 2.53 bits per heavy atom. The number of piperidine rings is 1. The molecule has 0 aromatic carbocycles. The zero-order valence-electron chi connectivity index (χ0n) is 11.3. The maximum Gasteiger partial charge on any atom is 0.276 e. The van der Waals surface area contributed by atoms with Crippen molar-refractivity contribution < 1.29 is 0 Å². The lowest BCUT2D eigenvalue weighted by Gasteiger charge is -2.44. The van der Waals surface area contributed by atoms with Crippen LogP contribution in [0.15, 0.2) is 11.1 Å². The SMILES string of the molecule is Nc1c(N2CCC3(CCCCC3)CC2)nc[nH]c1=O. The van der Waals surface area contributed by atoms with Gasteiger partial charge in [0.25, 0.3) is 5.56 Å². The van der Waals surface area contributed by atoms with Gasteiger partial charge in [0.1, 0.15) is 5.69 Å². The largest absolute Gasteiger partial charge is 0.391 e. The molecule has 1 aromatic heterocycles. The van der Waals surface area contributed by atoms with Gasteiger partial charge in [-0.25, -0.2) is 4.98 Å². The Hall–Kier alpha value is -1.52. The lowest BCUT2D eigenvalue weighted by Crippen LogP contribution is -2.42. The summed E-state index contributed by atoms with van der Waals surface area (Å²) in [6.45, 7) is 1.95. The second-order valence-electron chi connectivity index (χ2n) is 6.02. The van der Waals surface area contributed by atoms with Crippen molar-refractivity contribution in [2.24, 2.45) is 5.41 Å². The molecule has 5 nitrogen and oxygen atoms in total. The molecule has 3 N–H and O–H groups in total. The predicted molar refractivity (Wildman–Crippen MR) is 76.2 cm³/mol. The Morgan fingerprint density at radius 2 is 1.84 bits per heavy atom. The molecule has 0 atom stereocenters. The van der Waals surface area contributed by atoms with Crippen molar-refractivity contribution >= 4 is 11.5 Å². The minimum Gasteiger partial charge on any atom is -0.391 e. The van der Waals surface area contributed by atoms with Crippen LogP contribution >= 0.6 is 0 Å². The number of hydrogen-bond donors (Lipinski definition) is 2. The number of rotatable bonds is 1. The van der Waals surface area contributed by atoms with Gasteiger partial charge in [0, 0.05) is 13.1 Å². The molecule has 1 spiro atoms. The molecule has 2 heterocycles. The van der Waals surface area contributed by atoms with Crippen molar-refractivity contribution in [1.82, 2.24) is 9.97 Å². The summed E-state index contributed by atoms with van der Waals surface area (Å²) in [5.41, 5.74) is 6.41. The first-order valence-electron chi connectivity index (χ1n) is 7.28. The highest BCUT2D eigenvalue weighted by atomic mass is 16.1. The van der Waals surface area contributed by atoms with Crippen molar-refractivity contribution in [2.45, 2.75) is 44.9 Å². The summed E-state index contributed by atoms with van der Waals surface area (Å²) >= 11 is 0. The smallest absolute Gasteiger partial charge is 0.276 e. The van der Waals surface area contributed by atoms with Gasteiger partial charge in [-0.1, -0.05) is 19.3 Å². The van der Waals surface area contributed by atoms with Crippen molar-refractivity contribution in [1.29, 1.82) is 0 Å². The maximum absolute atomic E-state index is 11.5. The molecule has 0 amide bonds. The molecule has 2 fully saturated rings. The molecule has 0 bridgehead atoms. The van der Waals surface area contributed by atoms with E-state index in [-0.39, 0.29) is 11.2 Å². The van der Waals surface area contributed by atoms with Gasteiger partial charge in [-0.15, -0.1) is 0 Å². The van der Waals surface area contributed by atoms with Crippen molar-refractivity contribution in [3.05, 3.63) is 16.7 Å². The number of aromatic nitrogens is 2. The van der Waals surface area contributed by atoms with Crippen LogP contribution < -0.4 is 16.2 Å². The number of anilines is 2. The Labute approximate surface area is 113 Å². The van der Waals surface area contributed by atoms with E-state index in [2.05, 4.69) is 14.9 Å². The Balaban J connectivity index is 1.73. The molecule has 1 aromatic rings. The first kappa shape index (κ1) is 12.5. The molecule has 19 heavy (non-hydrogen) atoms. The lowest BCUT2D eigenvalue weighted by atomic mass is 9.68. The number of H-pyrrole nitrogens is 1. The number of nitrogens with one attached hydrogen (secondary N) is 1. The van der Waals surface area contributed by atoms with E-state index < -0.39 is 0 Å². The van der Waals surface area contributed by atoms with Crippen molar-refractivity contribution in [3.8, 4) is 0 Å². The van der Waals surface area contributed by atoms with Crippen LogP contribution in [-0.4, -0.2) is 23.1 Å². The van der Waals surface area contributed by atoms with Gasteiger partial charge in [-0.05, 0) is 31.1 Å². The minimum atomic E-state index is -0.233. The Kier molecular flexibility index (Phi) is 3.21. The fourth-order valence-electron chi connectivity index (χ4n) is 3.65. The summed E-state index contributed by atoms with van der Waals surface area (Å²) in [5, 5.41) is 0. The summed E-state index contributed by atoms with van der Waals surface area (Å²) in [6.07, 6.45) is 10.8. The highest BCUT2D eigenvalue weighted by Gasteiger charge is 2.36. The molecule has 2 aliphatic rings. The summed E-state index contributed by atoms with van der Waals surface area (Å²) in [4.78, 5) is 20.5. The average molecular weight is 262 g/mol. The third-order valence-electron chi connectivity index (χ3n) is 4.91. The molecular weight excluding hydrogens is 240 g/mol. The van der Waals surface area contributed by atoms with E-state index in [1.54, 1.807) is 0 Å². The molecular formula is C14H22N4O. The molecule has 1 saturated heterocycles. The van der Waals surface area contributed by atoms with E-state index in [1.807, 2.05) is 0 Å². The second kappa shape index (κ2) is 4.87. The Bertz CT molecular complexity index is 494. The second-order valence-corrected chi connectivity index (χ2v) is 6.02. The topological polar surface area (TPSA) is 75.0 Å². The van der Waals surface area contributed by atoms with Crippen LogP contribution in [0.25, 0.3) is 0 Å². The number of nitrogens with zero attached hydrogens (tertiary/aromatic N) is 2.